The molecule has 4 aromatic rings. The van der Waals surface area contributed by atoms with Gasteiger partial charge >= 0.3 is 0 Å². The summed E-state index contributed by atoms with van der Waals surface area (Å²) in [6, 6.07) is 18.1. The number of fused-ring (bicyclic) bond motifs is 2. The molecule has 1 unspecified atom stereocenters. The van der Waals surface area contributed by atoms with E-state index >= 15 is 4.39 Å². The maximum atomic E-state index is 15.4. The number of carbonyl (C=O) groups excluding carboxylic acids is 6. The number of benzene rings is 3. The number of methoxy groups -OCH3 is 1. The number of halogens is 1. The summed E-state index contributed by atoms with van der Waals surface area (Å²) in [6.07, 6.45) is 0.855. The Balaban J connectivity index is 0.841. The second-order valence-corrected chi connectivity index (χ2v) is 14.8. The highest BCUT2D eigenvalue weighted by Gasteiger charge is 2.45. The quantitative estimate of drug-likeness (QED) is 0.202. The van der Waals surface area contributed by atoms with Gasteiger partial charge in [0.15, 0.2) is 11.9 Å². The van der Waals surface area contributed by atoms with Gasteiger partial charge in [-0.3, -0.25) is 49.0 Å². The summed E-state index contributed by atoms with van der Waals surface area (Å²) >= 11 is 0. The van der Waals surface area contributed by atoms with E-state index in [1.54, 1.807) is 17.0 Å². The molecular formula is C41H41FN8O7. The van der Waals surface area contributed by atoms with Crippen molar-refractivity contribution in [1.29, 1.82) is 0 Å². The molecule has 3 aromatic carbocycles. The standard InChI is InChI=1S/C41H41FN8O7/c1-47(20-25-18-28-29(19-31(25)42)40(55)50(39(28)54)33-12-13-34(51)43-38(33)53)26-14-16-48(17-15-26)27-10-8-24(9-11-27)37(52)44-36-30-21-49(22-32(30)45-46-36)41(56)35(57-2)23-6-4-3-5-7-23/h3-11,18-19,26,33,35H,12-17,20-22H2,1-2H3,(H,43,51,53)(H2,44,45,46,52)/t33?,35-/m1/s1. The Hall–Kier alpha value is -6.26. The van der Waals surface area contributed by atoms with Gasteiger partial charge in [-0.25, -0.2) is 4.39 Å². The Kier molecular flexibility index (Phi) is 10.1. The molecule has 2 atom stereocenters. The van der Waals surface area contributed by atoms with Crippen LogP contribution in [0.2, 0.25) is 0 Å². The Morgan fingerprint density at radius 1 is 0.965 bits per heavy atom. The number of carbonyl (C=O) groups is 6. The Labute approximate surface area is 327 Å². The van der Waals surface area contributed by atoms with Gasteiger partial charge in [-0.1, -0.05) is 30.3 Å². The number of aromatic amines is 1. The smallest absolute Gasteiger partial charge is 0.262 e. The fourth-order valence-corrected chi connectivity index (χ4v) is 8.19. The number of nitrogens with one attached hydrogen (secondary N) is 3. The van der Waals surface area contributed by atoms with Gasteiger partial charge in [0, 0.05) is 61.6 Å². The van der Waals surface area contributed by atoms with Crippen molar-refractivity contribution in [1.82, 2.24) is 30.2 Å². The molecule has 0 saturated carbocycles. The van der Waals surface area contributed by atoms with E-state index in [4.69, 9.17) is 4.74 Å². The molecule has 0 aliphatic carbocycles. The summed E-state index contributed by atoms with van der Waals surface area (Å²) in [4.78, 5) is 83.8. The number of ether oxygens (including phenoxy) is 1. The van der Waals surface area contributed by atoms with Crippen LogP contribution >= 0.6 is 0 Å². The zero-order valence-corrected chi connectivity index (χ0v) is 31.4. The van der Waals surface area contributed by atoms with Gasteiger partial charge in [0.2, 0.25) is 11.8 Å². The third-order valence-electron chi connectivity index (χ3n) is 11.4. The summed E-state index contributed by atoms with van der Waals surface area (Å²) in [6.45, 7) is 2.27. The largest absolute Gasteiger partial charge is 0.371 e. The Bertz CT molecular complexity index is 2270. The van der Waals surface area contributed by atoms with Crippen LogP contribution < -0.4 is 15.5 Å². The van der Waals surface area contributed by atoms with Crippen LogP contribution in [0.5, 0.6) is 0 Å². The van der Waals surface area contributed by atoms with E-state index in [0.29, 0.717) is 17.9 Å². The van der Waals surface area contributed by atoms with Gasteiger partial charge in [-0.05, 0) is 68.3 Å². The zero-order valence-electron chi connectivity index (χ0n) is 31.4. The van der Waals surface area contributed by atoms with Crippen LogP contribution in [0.4, 0.5) is 15.9 Å². The number of anilines is 2. The number of hydrogen-bond donors (Lipinski definition) is 3. The average Bonchev–Trinajstić information content (AvgIpc) is 3.88. The van der Waals surface area contributed by atoms with Gasteiger partial charge in [0.05, 0.1) is 29.9 Å². The number of rotatable bonds is 10. The molecule has 8 rings (SSSR count). The Morgan fingerprint density at radius 2 is 1.67 bits per heavy atom. The SMILES string of the molecule is CO[C@@H](C(=O)N1Cc2[nH]nc(NC(=O)c3ccc(N4CCC(N(C)Cc5cc6c(cc5F)C(=O)N(C5CCC(=O)NC5=O)C6=O)CC4)cc3)c2C1)c1ccccc1. The third-order valence-corrected chi connectivity index (χ3v) is 11.4. The van der Waals surface area contributed by atoms with Gasteiger partial charge in [-0.15, -0.1) is 0 Å². The highest BCUT2D eigenvalue weighted by molar-refractivity contribution is 6.23. The van der Waals surface area contributed by atoms with Crippen molar-refractivity contribution < 1.29 is 37.9 Å². The van der Waals surface area contributed by atoms with Gasteiger partial charge in [-0.2, -0.15) is 5.10 Å². The van der Waals surface area contributed by atoms with Crippen LogP contribution in [-0.4, -0.2) is 99.7 Å². The summed E-state index contributed by atoms with van der Waals surface area (Å²) in [5.41, 5.74) is 3.92. The average molecular weight is 777 g/mol. The Morgan fingerprint density at radius 3 is 2.35 bits per heavy atom. The number of H-pyrrole nitrogens is 1. The number of aromatic nitrogens is 2. The maximum absolute atomic E-state index is 15.4. The van der Waals surface area contributed by atoms with Crippen molar-refractivity contribution in [3.05, 3.63) is 112 Å². The number of hydrogen-bond acceptors (Lipinski definition) is 10. The van der Waals surface area contributed by atoms with Crippen molar-refractivity contribution in [2.24, 2.45) is 0 Å². The molecule has 57 heavy (non-hydrogen) atoms. The van der Waals surface area contributed by atoms with Crippen molar-refractivity contribution in [2.75, 3.05) is 37.5 Å². The summed E-state index contributed by atoms with van der Waals surface area (Å²) in [5, 5.41) is 12.3. The second-order valence-electron chi connectivity index (χ2n) is 14.8. The summed E-state index contributed by atoms with van der Waals surface area (Å²) < 4.78 is 20.9. The molecule has 1 aromatic heterocycles. The highest BCUT2D eigenvalue weighted by atomic mass is 19.1. The molecule has 4 aliphatic heterocycles. The molecule has 294 valence electrons. The predicted octanol–water partition coefficient (Wildman–Crippen LogP) is 3.53. The van der Waals surface area contributed by atoms with E-state index in [0.717, 1.165) is 59.4 Å². The van der Waals surface area contributed by atoms with Crippen LogP contribution in [0.15, 0.2) is 66.7 Å². The zero-order chi connectivity index (χ0) is 40.0. The first-order valence-electron chi connectivity index (χ1n) is 18.8. The molecule has 0 bridgehead atoms. The van der Waals surface area contributed by atoms with Crippen molar-refractivity contribution in [3.8, 4) is 0 Å². The molecule has 0 spiro atoms. The lowest BCUT2D eigenvalue weighted by Crippen LogP contribution is -2.54. The van der Waals surface area contributed by atoms with E-state index < -0.39 is 41.6 Å². The minimum absolute atomic E-state index is 0.00163. The van der Waals surface area contributed by atoms with Gasteiger partial charge in [0.25, 0.3) is 23.6 Å². The minimum atomic E-state index is -1.12. The van der Waals surface area contributed by atoms with Crippen molar-refractivity contribution in [3.63, 3.8) is 0 Å². The normalized spacial score (nSPS) is 18.9. The summed E-state index contributed by atoms with van der Waals surface area (Å²) in [7, 11) is 3.40. The highest BCUT2D eigenvalue weighted by Crippen LogP contribution is 2.33. The lowest BCUT2D eigenvalue weighted by atomic mass is 10.0. The molecule has 16 heteroatoms. The van der Waals surface area contributed by atoms with Crippen LogP contribution in [-0.2, 0) is 38.8 Å². The number of nitrogens with zero attached hydrogens (tertiary/aromatic N) is 5. The van der Waals surface area contributed by atoms with Crippen molar-refractivity contribution >= 4 is 46.9 Å². The van der Waals surface area contributed by atoms with Crippen LogP contribution in [0.25, 0.3) is 0 Å². The molecule has 0 radical (unpaired) electrons. The number of imide groups is 2. The molecule has 4 aliphatic rings. The van der Waals surface area contributed by atoms with Crippen LogP contribution in [0.3, 0.4) is 0 Å². The van der Waals surface area contributed by atoms with Crippen molar-refractivity contribution in [2.45, 2.75) is 63.5 Å². The molecule has 15 nitrogen and oxygen atoms in total. The summed E-state index contributed by atoms with van der Waals surface area (Å²) in [5.74, 6) is -3.33. The van der Waals surface area contributed by atoms with E-state index in [-0.39, 0.29) is 60.5 Å². The van der Waals surface area contributed by atoms with Crippen LogP contribution in [0, 0.1) is 5.82 Å². The number of piperidine rings is 2. The fourth-order valence-electron chi connectivity index (χ4n) is 8.19. The van der Waals surface area contributed by atoms with Gasteiger partial charge in [0.1, 0.15) is 11.9 Å². The topological polar surface area (TPSA) is 177 Å². The fraction of sp³-hybridized carbons (Fsp3) is 0.341. The minimum Gasteiger partial charge on any atom is -0.371 e. The van der Waals surface area contributed by atoms with E-state index in [1.807, 2.05) is 54.4 Å². The monoisotopic (exact) mass is 776 g/mol. The van der Waals surface area contributed by atoms with E-state index in [2.05, 4.69) is 25.7 Å². The maximum Gasteiger partial charge on any atom is 0.262 e. The predicted molar refractivity (Wildman–Crippen MR) is 203 cm³/mol. The molecule has 3 N–H and O–H groups in total. The third kappa shape index (κ3) is 7.17. The lowest BCUT2D eigenvalue weighted by molar-refractivity contribution is -0.143. The molecule has 2 fully saturated rings. The second kappa shape index (κ2) is 15.3. The molecule has 5 heterocycles. The van der Waals surface area contributed by atoms with Crippen LogP contribution in [0.1, 0.15) is 85.2 Å². The molecular weight excluding hydrogens is 735 g/mol. The molecule has 2 saturated heterocycles. The first kappa shape index (κ1) is 37.7. The molecule has 6 amide bonds. The van der Waals surface area contributed by atoms with E-state index in [1.165, 1.54) is 13.2 Å². The van der Waals surface area contributed by atoms with Gasteiger partial charge < -0.3 is 19.9 Å². The van der Waals surface area contributed by atoms with E-state index in [9.17, 15) is 28.8 Å². The number of amides is 6. The first-order chi connectivity index (χ1) is 27.5. The first-order valence-corrected chi connectivity index (χ1v) is 18.8. The lowest BCUT2D eigenvalue weighted by Gasteiger charge is -2.38.